The Kier molecular flexibility index (Phi) is 3.58. The van der Waals surface area contributed by atoms with E-state index in [4.69, 9.17) is 10.5 Å². The van der Waals surface area contributed by atoms with E-state index in [9.17, 15) is 9.18 Å². The second-order valence-electron chi connectivity index (χ2n) is 4.08. The standard InChI is InChI=1S/C12H15FN2O2/c13-11-4-3-8(14)6-10(11)12(16)15-7-9-2-1-5-17-9/h3-4,6,9H,1-2,5,7,14H2,(H,15,16). The number of rotatable bonds is 3. The lowest BCUT2D eigenvalue weighted by molar-refractivity contribution is 0.0854. The Bertz CT molecular complexity index is 417. The van der Waals surface area contributed by atoms with Crippen LogP contribution in [-0.2, 0) is 4.74 Å². The number of benzene rings is 1. The summed E-state index contributed by atoms with van der Waals surface area (Å²) in [5, 5.41) is 2.65. The van der Waals surface area contributed by atoms with E-state index >= 15 is 0 Å². The Morgan fingerprint density at radius 1 is 1.59 bits per heavy atom. The van der Waals surface area contributed by atoms with Gasteiger partial charge in [-0.1, -0.05) is 0 Å². The smallest absolute Gasteiger partial charge is 0.254 e. The van der Waals surface area contributed by atoms with Gasteiger partial charge >= 0.3 is 0 Å². The molecular formula is C12H15FN2O2. The summed E-state index contributed by atoms with van der Waals surface area (Å²) in [6.07, 6.45) is 1.98. The molecule has 92 valence electrons. The van der Waals surface area contributed by atoms with Crippen molar-refractivity contribution in [2.45, 2.75) is 18.9 Å². The third-order valence-corrected chi connectivity index (χ3v) is 2.75. The number of hydrogen-bond acceptors (Lipinski definition) is 3. The van der Waals surface area contributed by atoms with Crippen LogP contribution in [-0.4, -0.2) is 25.2 Å². The van der Waals surface area contributed by atoms with Crippen LogP contribution in [0.2, 0.25) is 0 Å². The number of nitrogens with two attached hydrogens (primary N) is 1. The van der Waals surface area contributed by atoms with Gasteiger partial charge in [-0.3, -0.25) is 4.79 Å². The fraction of sp³-hybridized carbons (Fsp3) is 0.417. The van der Waals surface area contributed by atoms with Crippen LogP contribution in [0.1, 0.15) is 23.2 Å². The largest absolute Gasteiger partial charge is 0.399 e. The minimum atomic E-state index is -0.566. The lowest BCUT2D eigenvalue weighted by atomic mass is 10.1. The number of nitrogen functional groups attached to an aromatic ring is 1. The predicted molar refractivity (Wildman–Crippen MR) is 62.1 cm³/mol. The number of halogens is 1. The van der Waals surface area contributed by atoms with Gasteiger partial charge in [-0.2, -0.15) is 0 Å². The average Bonchev–Trinajstić information content (AvgIpc) is 2.82. The van der Waals surface area contributed by atoms with Crippen molar-refractivity contribution in [3.63, 3.8) is 0 Å². The number of amides is 1. The lowest BCUT2D eigenvalue weighted by Gasteiger charge is -2.11. The molecule has 4 nitrogen and oxygen atoms in total. The number of ether oxygens (including phenoxy) is 1. The van der Waals surface area contributed by atoms with E-state index in [1.54, 1.807) is 0 Å². The normalized spacial score (nSPS) is 19.2. The molecule has 0 saturated carbocycles. The number of hydrogen-bond donors (Lipinski definition) is 2. The van der Waals surface area contributed by atoms with Crippen molar-refractivity contribution in [3.05, 3.63) is 29.6 Å². The molecule has 1 aromatic rings. The Labute approximate surface area is 98.9 Å². The second-order valence-corrected chi connectivity index (χ2v) is 4.08. The summed E-state index contributed by atoms with van der Waals surface area (Å²) in [5.41, 5.74) is 5.86. The summed E-state index contributed by atoms with van der Waals surface area (Å²) < 4.78 is 18.7. The molecule has 0 bridgehead atoms. The van der Waals surface area contributed by atoms with Crippen molar-refractivity contribution in [2.24, 2.45) is 0 Å². The maximum atomic E-state index is 13.4. The van der Waals surface area contributed by atoms with E-state index in [0.29, 0.717) is 12.2 Å². The molecule has 17 heavy (non-hydrogen) atoms. The van der Waals surface area contributed by atoms with Gasteiger partial charge in [0.25, 0.3) is 5.91 Å². The molecular weight excluding hydrogens is 223 g/mol. The van der Waals surface area contributed by atoms with Gasteiger partial charge in [0.2, 0.25) is 0 Å². The summed E-state index contributed by atoms with van der Waals surface area (Å²) in [6.45, 7) is 1.14. The van der Waals surface area contributed by atoms with Gasteiger partial charge in [0.1, 0.15) is 5.82 Å². The first-order chi connectivity index (χ1) is 8.16. The van der Waals surface area contributed by atoms with Crippen LogP contribution in [0.3, 0.4) is 0 Å². The number of carbonyl (C=O) groups is 1. The van der Waals surface area contributed by atoms with Gasteiger partial charge < -0.3 is 15.8 Å². The van der Waals surface area contributed by atoms with Crippen molar-refractivity contribution < 1.29 is 13.9 Å². The van der Waals surface area contributed by atoms with E-state index in [0.717, 1.165) is 19.4 Å². The molecule has 2 rings (SSSR count). The highest BCUT2D eigenvalue weighted by molar-refractivity contribution is 5.95. The molecule has 0 spiro atoms. The van der Waals surface area contributed by atoms with Crippen LogP contribution in [0.15, 0.2) is 18.2 Å². The van der Waals surface area contributed by atoms with Crippen LogP contribution >= 0.6 is 0 Å². The maximum Gasteiger partial charge on any atom is 0.254 e. The van der Waals surface area contributed by atoms with Crippen molar-refractivity contribution in [3.8, 4) is 0 Å². The highest BCUT2D eigenvalue weighted by atomic mass is 19.1. The zero-order valence-corrected chi connectivity index (χ0v) is 9.41. The molecule has 1 aliphatic heterocycles. The number of carbonyl (C=O) groups excluding carboxylic acids is 1. The first kappa shape index (κ1) is 11.9. The highest BCUT2D eigenvalue weighted by Crippen LogP contribution is 2.13. The molecule has 0 radical (unpaired) electrons. The molecule has 0 aromatic heterocycles. The van der Waals surface area contributed by atoms with Gasteiger partial charge in [0.15, 0.2) is 0 Å². The topological polar surface area (TPSA) is 64.4 Å². The second kappa shape index (κ2) is 5.14. The average molecular weight is 238 g/mol. The molecule has 1 aromatic carbocycles. The SMILES string of the molecule is Nc1ccc(F)c(C(=O)NCC2CCCO2)c1. The van der Waals surface area contributed by atoms with Crippen molar-refractivity contribution in [1.29, 1.82) is 0 Å². The minimum absolute atomic E-state index is 0.0250. The summed E-state index contributed by atoms with van der Waals surface area (Å²) >= 11 is 0. The van der Waals surface area contributed by atoms with Crippen LogP contribution < -0.4 is 11.1 Å². The summed E-state index contributed by atoms with van der Waals surface area (Å²) in [7, 11) is 0. The Morgan fingerprint density at radius 3 is 3.12 bits per heavy atom. The number of nitrogens with one attached hydrogen (secondary N) is 1. The molecule has 1 aliphatic rings. The van der Waals surface area contributed by atoms with E-state index in [2.05, 4.69) is 5.32 Å². The Morgan fingerprint density at radius 2 is 2.41 bits per heavy atom. The van der Waals surface area contributed by atoms with Crippen molar-refractivity contribution in [1.82, 2.24) is 5.32 Å². The monoisotopic (exact) mass is 238 g/mol. The lowest BCUT2D eigenvalue weighted by Crippen LogP contribution is -2.32. The van der Waals surface area contributed by atoms with E-state index < -0.39 is 11.7 Å². The van der Waals surface area contributed by atoms with E-state index in [-0.39, 0.29) is 11.7 Å². The molecule has 1 heterocycles. The predicted octanol–water partition coefficient (Wildman–Crippen LogP) is 1.32. The van der Waals surface area contributed by atoms with Crippen molar-refractivity contribution >= 4 is 11.6 Å². The molecule has 1 atom stereocenters. The summed E-state index contributed by atoms with van der Waals surface area (Å²) in [5.74, 6) is -1.02. The quantitative estimate of drug-likeness (QED) is 0.780. The first-order valence-corrected chi connectivity index (χ1v) is 5.61. The Hall–Kier alpha value is -1.62. The maximum absolute atomic E-state index is 13.4. The zero-order chi connectivity index (χ0) is 12.3. The van der Waals surface area contributed by atoms with Gasteiger partial charge in [-0.05, 0) is 31.0 Å². The molecule has 1 amide bonds. The molecule has 0 aliphatic carbocycles. The Balaban J connectivity index is 1.96. The number of anilines is 1. The van der Waals surface area contributed by atoms with Gasteiger partial charge in [0, 0.05) is 18.8 Å². The van der Waals surface area contributed by atoms with Crippen LogP contribution in [0.25, 0.3) is 0 Å². The van der Waals surface area contributed by atoms with Gasteiger partial charge in [-0.25, -0.2) is 4.39 Å². The third kappa shape index (κ3) is 2.94. The minimum Gasteiger partial charge on any atom is -0.399 e. The van der Waals surface area contributed by atoms with E-state index in [1.807, 2.05) is 0 Å². The summed E-state index contributed by atoms with van der Waals surface area (Å²) in [4.78, 5) is 11.7. The zero-order valence-electron chi connectivity index (χ0n) is 9.41. The van der Waals surface area contributed by atoms with Gasteiger partial charge in [-0.15, -0.1) is 0 Å². The third-order valence-electron chi connectivity index (χ3n) is 2.75. The molecule has 1 fully saturated rings. The van der Waals surface area contributed by atoms with Crippen LogP contribution in [0.5, 0.6) is 0 Å². The van der Waals surface area contributed by atoms with Crippen LogP contribution in [0, 0.1) is 5.82 Å². The summed E-state index contributed by atoms with van der Waals surface area (Å²) in [6, 6.07) is 3.95. The molecule has 5 heteroatoms. The van der Waals surface area contributed by atoms with Gasteiger partial charge in [0.05, 0.1) is 11.7 Å². The molecule has 1 unspecified atom stereocenters. The fourth-order valence-electron chi connectivity index (χ4n) is 1.82. The van der Waals surface area contributed by atoms with Crippen molar-refractivity contribution in [2.75, 3.05) is 18.9 Å². The first-order valence-electron chi connectivity index (χ1n) is 5.61. The molecule has 1 saturated heterocycles. The molecule has 3 N–H and O–H groups in total. The van der Waals surface area contributed by atoms with E-state index in [1.165, 1.54) is 18.2 Å². The highest BCUT2D eigenvalue weighted by Gasteiger charge is 2.18. The fourth-order valence-corrected chi connectivity index (χ4v) is 1.82. The van der Waals surface area contributed by atoms with Crippen LogP contribution in [0.4, 0.5) is 10.1 Å².